The largest absolute Gasteiger partial charge is 0.368 e. The summed E-state index contributed by atoms with van der Waals surface area (Å²) < 4.78 is 5.06. The second kappa shape index (κ2) is 2.29. The van der Waals surface area contributed by atoms with E-state index >= 15 is 0 Å². The third kappa shape index (κ3) is 1.27. The van der Waals surface area contributed by atoms with Crippen LogP contribution in [0.3, 0.4) is 0 Å². The summed E-state index contributed by atoms with van der Waals surface area (Å²) in [4.78, 5) is 0. The average Bonchev–Trinajstić information content (AvgIpc) is 2.43. The normalized spacial score (nSPS) is 38.6. The summed E-state index contributed by atoms with van der Waals surface area (Å²) >= 11 is 8.06. The van der Waals surface area contributed by atoms with Crippen LogP contribution in [0.15, 0.2) is 0 Å². The maximum absolute atomic E-state index is 5.06. The summed E-state index contributed by atoms with van der Waals surface area (Å²) in [6.07, 6.45) is 0.807. The number of hydrogen-bond acceptors (Lipinski definition) is 3. The zero-order valence-corrected chi connectivity index (χ0v) is 5.66. The first-order chi connectivity index (χ1) is 3.38. The van der Waals surface area contributed by atoms with E-state index in [2.05, 4.69) is 25.3 Å². The van der Waals surface area contributed by atoms with Crippen LogP contribution in [0.25, 0.3) is 0 Å². The lowest BCUT2D eigenvalue weighted by atomic mass is 10.4. The molecule has 1 nitrogen and oxygen atoms in total. The summed E-state index contributed by atoms with van der Waals surface area (Å²) in [5.41, 5.74) is 0. The molecule has 42 valence electrons. The van der Waals surface area contributed by atoms with Gasteiger partial charge in [0.1, 0.15) is 0 Å². The van der Waals surface area contributed by atoms with Crippen LogP contribution in [-0.4, -0.2) is 23.7 Å². The van der Waals surface area contributed by atoms with Crippen molar-refractivity contribution in [2.75, 3.05) is 11.5 Å². The highest BCUT2D eigenvalue weighted by molar-refractivity contribution is 7.80. The molecule has 1 heterocycles. The van der Waals surface area contributed by atoms with Gasteiger partial charge in [0.25, 0.3) is 0 Å². The van der Waals surface area contributed by atoms with Crippen molar-refractivity contribution in [2.45, 2.75) is 12.2 Å². The quantitative estimate of drug-likeness (QED) is 0.419. The third-order valence-corrected chi connectivity index (χ3v) is 1.77. The van der Waals surface area contributed by atoms with Gasteiger partial charge in [-0.25, -0.2) is 0 Å². The van der Waals surface area contributed by atoms with Crippen LogP contribution in [0.5, 0.6) is 0 Å². The van der Waals surface area contributed by atoms with Crippen LogP contribution >= 0.6 is 25.3 Å². The molecule has 0 amide bonds. The smallest absolute Gasteiger partial charge is 0.0937 e. The van der Waals surface area contributed by atoms with E-state index in [0.29, 0.717) is 12.2 Å². The minimum atomic E-state index is 0.404. The molecule has 2 atom stereocenters. The Labute approximate surface area is 54.3 Å². The Balaban J connectivity index is 2.06. The zero-order valence-electron chi connectivity index (χ0n) is 3.87. The fraction of sp³-hybridized carbons (Fsp3) is 1.00. The van der Waals surface area contributed by atoms with Gasteiger partial charge in [0.2, 0.25) is 0 Å². The standard InChI is InChI=1S/C4H8OS2/c6-1-3-4(2-7)5-3/h3-4,6-7H,1-2H2/t3-,4-/m0/s1. The van der Waals surface area contributed by atoms with Crippen LogP contribution in [0.2, 0.25) is 0 Å². The van der Waals surface area contributed by atoms with Crippen LogP contribution in [0, 0.1) is 0 Å². The van der Waals surface area contributed by atoms with Crippen molar-refractivity contribution in [1.29, 1.82) is 0 Å². The average molecular weight is 136 g/mol. The van der Waals surface area contributed by atoms with Gasteiger partial charge >= 0.3 is 0 Å². The molecular formula is C4H8OS2. The van der Waals surface area contributed by atoms with Crippen molar-refractivity contribution >= 4 is 25.3 Å². The maximum atomic E-state index is 5.06. The SMILES string of the molecule is SC[C@@H]1O[C@H]1CS. The fourth-order valence-electron chi connectivity index (χ4n) is 0.500. The number of ether oxygens (including phenoxy) is 1. The molecule has 0 spiro atoms. The predicted molar refractivity (Wildman–Crippen MR) is 36.4 cm³/mol. The number of hydrogen-bond donors (Lipinski definition) is 2. The monoisotopic (exact) mass is 136 g/mol. The molecule has 0 bridgehead atoms. The van der Waals surface area contributed by atoms with Gasteiger partial charge in [-0.1, -0.05) is 0 Å². The van der Waals surface area contributed by atoms with E-state index < -0.39 is 0 Å². The Morgan fingerprint density at radius 3 is 1.71 bits per heavy atom. The molecule has 1 aliphatic heterocycles. The molecule has 0 aromatic rings. The first-order valence-electron chi connectivity index (χ1n) is 2.25. The molecule has 1 fully saturated rings. The van der Waals surface area contributed by atoms with Crippen molar-refractivity contribution in [1.82, 2.24) is 0 Å². The molecular weight excluding hydrogens is 128 g/mol. The molecule has 0 aliphatic carbocycles. The molecule has 0 saturated carbocycles. The third-order valence-electron chi connectivity index (χ3n) is 1.05. The molecule has 1 rings (SSSR count). The van der Waals surface area contributed by atoms with E-state index in [0.717, 1.165) is 11.5 Å². The lowest BCUT2D eigenvalue weighted by molar-refractivity contribution is 0.393. The van der Waals surface area contributed by atoms with Crippen LogP contribution in [0.1, 0.15) is 0 Å². The number of thiol groups is 2. The molecule has 0 aromatic heterocycles. The lowest BCUT2D eigenvalue weighted by Crippen LogP contribution is -1.94. The Morgan fingerprint density at radius 2 is 1.57 bits per heavy atom. The molecule has 1 saturated heterocycles. The molecule has 0 aromatic carbocycles. The van der Waals surface area contributed by atoms with Crippen LogP contribution in [-0.2, 0) is 4.74 Å². The van der Waals surface area contributed by atoms with E-state index in [-0.39, 0.29) is 0 Å². The van der Waals surface area contributed by atoms with E-state index in [1.807, 2.05) is 0 Å². The molecule has 0 N–H and O–H groups in total. The lowest BCUT2D eigenvalue weighted by Gasteiger charge is -1.77. The Hall–Kier alpha value is 0.660. The molecule has 3 heteroatoms. The van der Waals surface area contributed by atoms with Gasteiger partial charge in [-0.2, -0.15) is 25.3 Å². The zero-order chi connectivity index (χ0) is 5.28. The predicted octanol–water partition coefficient (Wildman–Crippen LogP) is 0.613. The van der Waals surface area contributed by atoms with E-state index in [4.69, 9.17) is 4.74 Å². The van der Waals surface area contributed by atoms with E-state index in [9.17, 15) is 0 Å². The van der Waals surface area contributed by atoms with Gasteiger partial charge in [0.15, 0.2) is 0 Å². The number of epoxide rings is 1. The fourth-order valence-corrected chi connectivity index (χ4v) is 1.14. The van der Waals surface area contributed by atoms with Crippen molar-refractivity contribution < 1.29 is 4.74 Å². The van der Waals surface area contributed by atoms with E-state index in [1.165, 1.54) is 0 Å². The Bertz CT molecular complexity index is 58.7. The van der Waals surface area contributed by atoms with Crippen molar-refractivity contribution in [2.24, 2.45) is 0 Å². The Kier molecular flexibility index (Phi) is 1.89. The number of rotatable bonds is 2. The highest BCUT2D eigenvalue weighted by atomic mass is 32.1. The molecule has 7 heavy (non-hydrogen) atoms. The molecule has 0 radical (unpaired) electrons. The minimum absolute atomic E-state index is 0.404. The maximum Gasteiger partial charge on any atom is 0.0937 e. The highest BCUT2D eigenvalue weighted by Crippen LogP contribution is 2.23. The van der Waals surface area contributed by atoms with Gasteiger partial charge in [-0.05, 0) is 0 Å². The van der Waals surface area contributed by atoms with E-state index in [1.54, 1.807) is 0 Å². The van der Waals surface area contributed by atoms with Gasteiger partial charge in [0, 0.05) is 11.5 Å². The van der Waals surface area contributed by atoms with Crippen molar-refractivity contribution in [3.8, 4) is 0 Å². The topological polar surface area (TPSA) is 12.5 Å². The van der Waals surface area contributed by atoms with Gasteiger partial charge in [-0.3, -0.25) is 0 Å². The molecule has 0 unspecified atom stereocenters. The summed E-state index contributed by atoms with van der Waals surface area (Å²) in [7, 11) is 0. The van der Waals surface area contributed by atoms with Crippen molar-refractivity contribution in [3.63, 3.8) is 0 Å². The van der Waals surface area contributed by atoms with Crippen molar-refractivity contribution in [3.05, 3.63) is 0 Å². The summed E-state index contributed by atoms with van der Waals surface area (Å²) in [5, 5.41) is 0. The minimum Gasteiger partial charge on any atom is -0.368 e. The Morgan fingerprint density at radius 1 is 1.14 bits per heavy atom. The summed E-state index contributed by atoms with van der Waals surface area (Å²) in [6, 6.07) is 0. The van der Waals surface area contributed by atoms with Gasteiger partial charge < -0.3 is 4.74 Å². The molecule has 1 aliphatic rings. The van der Waals surface area contributed by atoms with Gasteiger partial charge in [-0.15, -0.1) is 0 Å². The van der Waals surface area contributed by atoms with Crippen LogP contribution < -0.4 is 0 Å². The second-order valence-electron chi connectivity index (χ2n) is 1.58. The first-order valence-corrected chi connectivity index (χ1v) is 3.52. The van der Waals surface area contributed by atoms with Gasteiger partial charge in [0.05, 0.1) is 12.2 Å². The van der Waals surface area contributed by atoms with Crippen LogP contribution in [0.4, 0.5) is 0 Å². The second-order valence-corrected chi connectivity index (χ2v) is 2.31. The first kappa shape index (κ1) is 5.79. The summed E-state index contributed by atoms with van der Waals surface area (Å²) in [6.45, 7) is 0. The summed E-state index contributed by atoms with van der Waals surface area (Å²) in [5.74, 6) is 1.68. The highest BCUT2D eigenvalue weighted by Gasteiger charge is 2.35.